The number of rotatable bonds is 12. The highest BCUT2D eigenvalue weighted by molar-refractivity contribution is 7.92. The van der Waals surface area contributed by atoms with E-state index in [4.69, 9.17) is 34.8 Å². The molecular formula is C33H32Cl3N3O4S. The Morgan fingerprint density at radius 1 is 0.818 bits per heavy atom. The number of hydrogen-bond acceptors (Lipinski definition) is 4. The van der Waals surface area contributed by atoms with Gasteiger partial charge in [0.1, 0.15) is 12.6 Å². The van der Waals surface area contributed by atoms with Gasteiger partial charge in [-0.25, -0.2) is 8.42 Å². The molecule has 0 saturated heterocycles. The summed E-state index contributed by atoms with van der Waals surface area (Å²) in [4.78, 5) is 29.3. The molecule has 1 N–H and O–H groups in total. The summed E-state index contributed by atoms with van der Waals surface area (Å²) in [7, 11) is -4.26. The molecule has 0 saturated carbocycles. The Morgan fingerprint density at radius 2 is 1.50 bits per heavy atom. The van der Waals surface area contributed by atoms with Crippen LogP contribution >= 0.6 is 34.8 Å². The number of amides is 2. The SMILES string of the molecule is CCNC(=O)[C@H](Cc1ccccc1)N(Cc1cccc(Cl)c1)C(=O)CN(c1ccc(Cl)c(Cl)c1)S(=O)(=O)c1ccc(C)cc1. The Bertz CT molecular complexity index is 1720. The van der Waals surface area contributed by atoms with Crippen molar-refractivity contribution in [1.82, 2.24) is 10.2 Å². The Balaban J connectivity index is 1.81. The van der Waals surface area contributed by atoms with E-state index in [-0.39, 0.29) is 39.5 Å². The van der Waals surface area contributed by atoms with Crippen LogP contribution < -0.4 is 9.62 Å². The first-order valence-corrected chi connectivity index (χ1v) is 16.5. The molecule has 7 nitrogen and oxygen atoms in total. The van der Waals surface area contributed by atoms with Crippen molar-refractivity contribution < 1.29 is 18.0 Å². The van der Waals surface area contributed by atoms with Crippen molar-refractivity contribution in [3.63, 3.8) is 0 Å². The molecule has 0 radical (unpaired) electrons. The van der Waals surface area contributed by atoms with Crippen molar-refractivity contribution in [3.05, 3.63) is 129 Å². The monoisotopic (exact) mass is 671 g/mol. The van der Waals surface area contributed by atoms with Crippen molar-refractivity contribution in [3.8, 4) is 0 Å². The molecule has 4 aromatic rings. The van der Waals surface area contributed by atoms with E-state index < -0.39 is 28.5 Å². The van der Waals surface area contributed by atoms with Crippen molar-refractivity contribution >= 4 is 62.3 Å². The average molecular weight is 673 g/mol. The van der Waals surface area contributed by atoms with E-state index in [1.807, 2.05) is 37.3 Å². The van der Waals surface area contributed by atoms with Gasteiger partial charge < -0.3 is 10.2 Å². The Kier molecular flexibility index (Phi) is 11.3. The van der Waals surface area contributed by atoms with Crippen molar-refractivity contribution in [2.75, 3.05) is 17.4 Å². The van der Waals surface area contributed by atoms with Crippen LogP contribution in [0.2, 0.25) is 15.1 Å². The number of carbonyl (C=O) groups excluding carboxylic acids is 2. The second-order valence-corrected chi connectivity index (χ2v) is 13.3. The summed E-state index contributed by atoms with van der Waals surface area (Å²) in [6.07, 6.45) is 0.205. The number of aryl methyl sites for hydroxylation is 1. The highest BCUT2D eigenvalue weighted by Gasteiger charge is 2.34. The van der Waals surface area contributed by atoms with Crippen LogP contribution in [-0.2, 0) is 32.6 Å². The second-order valence-electron chi connectivity index (χ2n) is 10.2. The number of nitrogens with zero attached hydrogens (tertiary/aromatic N) is 2. The Hall–Kier alpha value is -3.56. The molecular weight excluding hydrogens is 641 g/mol. The lowest BCUT2D eigenvalue weighted by Gasteiger charge is -2.34. The summed E-state index contributed by atoms with van der Waals surface area (Å²) >= 11 is 18.7. The standard InChI is InChI=1S/C33H32Cl3N3O4S/c1-3-37-33(41)31(19-24-8-5-4-6-9-24)38(21-25-10-7-11-26(34)18-25)32(40)22-39(27-14-17-29(35)30(36)20-27)44(42,43)28-15-12-23(2)13-16-28/h4-18,20,31H,3,19,21-22H2,1-2H3,(H,37,41)/t31-/m0/s1. The normalized spacial score (nSPS) is 11.9. The van der Waals surface area contributed by atoms with Gasteiger partial charge in [0.25, 0.3) is 10.0 Å². The minimum absolute atomic E-state index is 0.00655. The van der Waals surface area contributed by atoms with Gasteiger partial charge in [0.15, 0.2) is 0 Å². The maximum Gasteiger partial charge on any atom is 0.264 e. The maximum absolute atomic E-state index is 14.4. The topological polar surface area (TPSA) is 86.8 Å². The fraction of sp³-hybridized carbons (Fsp3) is 0.212. The fourth-order valence-corrected chi connectivity index (χ4v) is 6.60. The molecule has 0 unspecified atom stereocenters. The first-order chi connectivity index (χ1) is 21.0. The minimum atomic E-state index is -4.26. The molecule has 1 atom stereocenters. The molecule has 0 heterocycles. The van der Waals surface area contributed by atoms with E-state index in [0.29, 0.717) is 17.1 Å². The largest absolute Gasteiger partial charge is 0.355 e. The number of hydrogen-bond donors (Lipinski definition) is 1. The molecule has 0 aliphatic rings. The Labute approximate surface area is 273 Å². The summed E-state index contributed by atoms with van der Waals surface area (Å²) in [5, 5.41) is 3.66. The van der Waals surface area contributed by atoms with E-state index in [1.54, 1.807) is 43.3 Å². The van der Waals surface area contributed by atoms with E-state index in [9.17, 15) is 18.0 Å². The summed E-state index contributed by atoms with van der Waals surface area (Å²) in [5.74, 6) is -0.965. The number of sulfonamides is 1. The molecule has 0 aliphatic carbocycles. The molecule has 0 aromatic heterocycles. The summed E-state index contributed by atoms with van der Waals surface area (Å²) < 4.78 is 29.2. The van der Waals surface area contributed by atoms with Gasteiger partial charge in [-0.15, -0.1) is 0 Å². The number of nitrogens with one attached hydrogen (secondary N) is 1. The van der Waals surface area contributed by atoms with Crippen molar-refractivity contribution in [2.45, 2.75) is 37.8 Å². The smallest absolute Gasteiger partial charge is 0.264 e. The van der Waals surface area contributed by atoms with Gasteiger partial charge >= 0.3 is 0 Å². The highest BCUT2D eigenvalue weighted by atomic mass is 35.5. The molecule has 0 bridgehead atoms. The highest BCUT2D eigenvalue weighted by Crippen LogP contribution is 2.31. The van der Waals surface area contributed by atoms with Crippen LogP contribution in [0.1, 0.15) is 23.6 Å². The predicted octanol–water partition coefficient (Wildman–Crippen LogP) is 6.93. The first-order valence-electron chi connectivity index (χ1n) is 13.9. The van der Waals surface area contributed by atoms with E-state index in [1.165, 1.54) is 35.2 Å². The van der Waals surface area contributed by atoms with Crippen LogP contribution in [0.25, 0.3) is 0 Å². The van der Waals surface area contributed by atoms with Crippen LogP contribution in [0, 0.1) is 6.92 Å². The number of carbonyl (C=O) groups is 2. The lowest BCUT2D eigenvalue weighted by atomic mass is 10.0. The van der Waals surface area contributed by atoms with Crippen LogP contribution in [0.4, 0.5) is 5.69 Å². The zero-order chi connectivity index (χ0) is 31.9. The maximum atomic E-state index is 14.4. The summed E-state index contributed by atoms with van der Waals surface area (Å²) in [5.41, 5.74) is 2.53. The molecule has 4 rings (SSSR count). The number of likely N-dealkylation sites (N-methyl/N-ethyl adjacent to an activating group) is 1. The molecule has 0 spiro atoms. The Morgan fingerprint density at radius 3 is 2.14 bits per heavy atom. The van der Waals surface area contributed by atoms with Gasteiger partial charge in [-0.1, -0.05) is 95.0 Å². The lowest BCUT2D eigenvalue weighted by molar-refractivity contribution is -0.140. The minimum Gasteiger partial charge on any atom is -0.355 e. The molecule has 0 aliphatic heterocycles. The molecule has 11 heteroatoms. The van der Waals surface area contributed by atoms with E-state index in [0.717, 1.165) is 15.4 Å². The van der Waals surface area contributed by atoms with Crippen molar-refractivity contribution in [2.24, 2.45) is 0 Å². The van der Waals surface area contributed by atoms with Gasteiger partial charge in [-0.05, 0) is 67.4 Å². The van der Waals surface area contributed by atoms with Gasteiger partial charge in [0.2, 0.25) is 11.8 Å². The average Bonchev–Trinajstić information content (AvgIpc) is 3.00. The zero-order valence-electron chi connectivity index (χ0n) is 24.2. The molecule has 44 heavy (non-hydrogen) atoms. The zero-order valence-corrected chi connectivity index (χ0v) is 27.3. The van der Waals surface area contributed by atoms with Crippen LogP contribution in [-0.4, -0.2) is 44.3 Å². The molecule has 230 valence electrons. The summed E-state index contributed by atoms with van der Waals surface area (Å²) in [6.45, 7) is 3.38. The second kappa shape index (κ2) is 14.9. The summed E-state index contributed by atoms with van der Waals surface area (Å²) in [6, 6.07) is 26.0. The van der Waals surface area contributed by atoms with Crippen LogP contribution in [0.3, 0.4) is 0 Å². The third kappa shape index (κ3) is 8.33. The van der Waals surface area contributed by atoms with Gasteiger partial charge in [-0.3, -0.25) is 13.9 Å². The van der Waals surface area contributed by atoms with E-state index in [2.05, 4.69) is 5.32 Å². The van der Waals surface area contributed by atoms with Gasteiger partial charge in [0.05, 0.1) is 20.6 Å². The third-order valence-corrected chi connectivity index (χ3v) is 9.71. The fourth-order valence-electron chi connectivity index (χ4n) is 4.68. The number of benzene rings is 4. The number of halogens is 3. The quantitative estimate of drug-likeness (QED) is 0.177. The van der Waals surface area contributed by atoms with Crippen molar-refractivity contribution in [1.29, 1.82) is 0 Å². The predicted molar refractivity (Wildman–Crippen MR) is 177 cm³/mol. The lowest BCUT2D eigenvalue weighted by Crippen LogP contribution is -2.53. The van der Waals surface area contributed by atoms with Gasteiger partial charge in [0, 0.05) is 24.5 Å². The van der Waals surface area contributed by atoms with E-state index >= 15 is 0 Å². The van der Waals surface area contributed by atoms with Crippen LogP contribution in [0.15, 0.2) is 102 Å². The molecule has 0 fully saturated rings. The molecule has 2 amide bonds. The third-order valence-electron chi connectivity index (χ3n) is 6.94. The van der Waals surface area contributed by atoms with Crippen LogP contribution in [0.5, 0.6) is 0 Å². The van der Waals surface area contributed by atoms with Gasteiger partial charge in [-0.2, -0.15) is 0 Å². The number of anilines is 1. The molecule has 4 aromatic carbocycles. The first kappa shape index (κ1) is 33.3.